The maximum Gasteiger partial charge on any atom is 0.360 e. The fourth-order valence-electron chi connectivity index (χ4n) is 3.00. The molecule has 3 aromatic carbocycles. The molecule has 0 aliphatic carbocycles. The zero-order valence-electron chi connectivity index (χ0n) is 16.0. The summed E-state index contributed by atoms with van der Waals surface area (Å²) in [6, 6.07) is 18.3. The van der Waals surface area contributed by atoms with Gasteiger partial charge in [-0.3, -0.25) is 30.3 Å². The van der Waals surface area contributed by atoms with E-state index in [2.05, 4.69) is 0 Å². The van der Waals surface area contributed by atoms with Gasteiger partial charge in [0.2, 0.25) is 0 Å². The molecule has 0 heterocycles. The summed E-state index contributed by atoms with van der Waals surface area (Å²) in [6.07, 6.45) is 5.48. The normalized spacial score (nSPS) is 11.1. The van der Waals surface area contributed by atoms with Crippen LogP contribution in [-0.4, -0.2) is 14.8 Å². The third kappa shape index (κ3) is 4.85. The molecule has 0 atom stereocenters. The van der Waals surface area contributed by atoms with Gasteiger partial charge in [0.25, 0.3) is 5.69 Å². The van der Waals surface area contributed by atoms with Crippen LogP contribution in [0.3, 0.4) is 0 Å². The third-order valence-electron chi connectivity index (χ3n) is 4.38. The van der Waals surface area contributed by atoms with Crippen molar-refractivity contribution in [2.24, 2.45) is 0 Å². The molecule has 9 heteroatoms. The Morgan fingerprint density at radius 1 is 0.581 bits per heavy atom. The summed E-state index contributed by atoms with van der Waals surface area (Å²) in [5.74, 6) is 0. The van der Waals surface area contributed by atoms with E-state index in [9.17, 15) is 30.3 Å². The van der Waals surface area contributed by atoms with Crippen molar-refractivity contribution in [2.75, 3.05) is 0 Å². The second kappa shape index (κ2) is 9.23. The SMILES string of the molecule is O=[N+]([O-])c1cc(C=Cc2ccccc2)c([N+](=O)[O-])c(C=Cc2ccccc2)c1[N+](=O)[O-]. The highest BCUT2D eigenvalue weighted by molar-refractivity contribution is 5.89. The summed E-state index contributed by atoms with van der Waals surface area (Å²) in [5, 5.41) is 35.1. The number of rotatable bonds is 7. The van der Waals surface area contributed by atoms with E-state index in [0.29, 0.717) is 11.1 Å². The van der Waals surface area contributed by atoms with Crippen molar-refractivity contribution in [3.05, 3.63) is 119 Å². The average Bonchev–Trinajstić information content (AvgIpc) is 2.76. The molecule has 0 aliphatic heterocycles. The van der Waals surface area contributed by atoms with Crippen LogP contribution in [0, 0.1) is 30.3 Å². The highest BCUT2D eigenvalue weighted by Gasteiger charge is 2.36. The van der Waals surface area contributed by atoms with Gasteiger partial charge < -0.3 is 0 Å². The molecular weight excluding hydrogens is 402 g/mol. The smallest absolute Gasteiger partial charge is 0.258 e. The molecule has 0 bridgehead atoms. The van der Waals surface area contributed by atoms with Crippen molar-refractivity contribution in [2.45, 2.75) is 0 Å². The van der Waals surface area contributed by atoms with Crippen LogP contribution in [0.1, 0.15) is 22.3 Å². The third-order valence-corrected chi connectivity index (χ3v) is 4.38. The molecule has 0 amide bonds. The van der Waals surface area contributed by atoms with Crippen molar-refractivity contribution < 1.29 is 14.8 Å². The zero-order chi connectivity index (χ0) is 22.4. The first kappa shape index (κ1) is 21.1. The fourth-order valence-corrected chi connectivity index (χ4v) is 3.00. The molecule has 0 N–H and O–H groups in total. The maximum atomic E-state index is 11.9. The standard InChI is InChI=1S/C22H15N3O6/c26-23(27)20-15-18(13-11-16-7-3-1-4-8-16)21(24(28)29)19(22(20)25(30)31)14-12-17-9-5-2-6-10-17/h1-15H. The van der Waals surface area contributed by atoms with E-state index in [4.69, 9.17) is 0 Å². The second-order valence-corrected chi connectivity index (χ2v) is 6.36. The number of benzene rings is 3. The van der Waals surface area contributed by atoms with E-state index >= 15 is 0 Å². The van der Waals surface area contributed by atoms with Gasteiger partial charge in [-0.25, -0.2) is 0 Å². The summed E-state index contributed by atoms with van der Waals surface area (Å²) >= 11 is 0. The summed E-state index contributed by atoms with van der Waals surface area (Å²) in [5.41, 5.74) is -1.56. The lowest BCUT2D eigenvalue weighted by Crippen LogP contribution is -2.04. The Balaban J connectivity index is 2.28. The Bertz CT molecular complexity index is 1200. The zero-order valence-corrected chi connectivity index (χ0v) is 16.0. The molecule has 0 spiro atoms. The molecule has 0 aromatic heterocycles. The number of nitro benzene ring substituents is 3. The van der Waals surface area contributed by atoms with E-state index in [1.54, 1.807) is 66.7 Å². The number of nitrogens with zero attached hydrogens (tertiary/aromatic N) is 3. The quantitative estimate of drug-likeness (QED) is 0.273. The minimum atomic E-state index is -0.972. The van der Waals surface area contributed by atoms with E-state index in [-0.39, 0.29) is 5.56 Å². The van der Waals surface area contributed by atoms with Crippen LogP contribution in [0.4, 0.5) is 17.1 Å². The van der Waals surface area contributed by atoms with Crippen molar-refractivity contribution in [1.82, 2.24) is 0 Å². The number of hydrogen-bond acceptors (Lipinski definition) is 6. The Morgan fingerprint density at radius 3 is 1.52 bits per heavy atom. The lowest BCUT2D eigenvalue weighted by molar-refractivity contribution is -0.424. The van der Waals surface area contributed by atoms with Gasteiger partial charge in [-0.05, 0) is 23.3 Å². The van der Waals surface area contributed by atoms with Gasteiger partial charge in [-0.2, -0.15) is 0 Å². The van der Waals surface area contributed by atoms with E-state index < -0.39 is 37.4 Å². The first-order chi connectivity index (χ1) is 14.9. The van der Waals surface area contributed by atoms with Gasteiger partial charge in [0.05, 0.1) is 20.3 Å². The Morgan fingerprint density at radius 2 is 1.06 bits per heavy atom. The highest BCUT2D eigenvalue weighted by atomic mass is 16.6. The molecule has 0 fully saturated rings. The lowest BCUT2D eigenvalue weighted by Gasteiger charge is -2.05. The Hall–Kier alpha value is -4.66. The van der Waals surface area contributed by atoms with Gasteiger partial charge in [-0.1, -0.05) is 72.8 Å². The second-order valence-electron chi connectivity index (χ2n) is 6.36. The topological polar surface area (TPSA) is 129 Å². The minimum absolute atomic E-state index is 0.112. The van der Waals surface area contributed by atoms with Crippen LogP contribution in [0.15, 0.2) is 66.7 Å². The average molecular weight is 417 g/mol. The molecule has 3 rings (SSSR count). The fraction of sp³-hybridized carbons (Fsp3) is 0. The lowest BCUT2D eigenvalue weighted by atomic mass is 10.0. The molecule has 0 saturated heterocycles. The van der Waals surface area contributed by atoms with Crippen LogP contribution in [0.2, 0.25) is 0 Å². The molecule has 0 unspecified atom stereocenters. The van der Waals surface area contributed by atoms with Gasteiger partial charge in [-0.15, -0.1) is 0 Å². The van der Waals surface area contributed by atoms with E-state index in [1.165, 1.54) is 18.2 Å². The van der Waals surface area contributed by atoms with E-state index in [1.807, 2.05) is 0 Å². The maximum absolute atomic E-state index is 11.9. The van der Waals surface area contributed by atoms with Crippen molar-refractivity contribution in [3.63, 3.8) is 0 Å². The molecular formula is C22H15N3O6. The molecule has 0 saturated carbocycles. The van der Waals surface area contributed by atoms with Crippen molar-refractivity contribution in [3.8, 4) is 0 Å². The van der Waals surface area contributed by atoms with Crippen LogP contribution >= 0.6 is 0 Å². The molecule has 0 aliphatic rings. The van der Waals surface area contributed by atoms with Crippen molar-refractivity contribution in [1.29, 1.82) is 0 Å². The molecule has 0 radical (unpaired) electrons. The van der Waals surface area contributed by atoms with Crippen molar-refractivity contribution >= 4 is 41.4 Å². The van der Waals surface area contributed by atoms with Gasteiger partial charge in [0.1, 0.15) is 5.56 Å². The number of nitro groups is 3. The summed E-state index contributed by atoms with van der Waals surface area (Å²) in [6.45, 7) is 0. The van der Waals surface area contributed by atoms with Crippen LogP contribution < -0.4 is 0 Å². The van der Waals surface area contributed by atoms with E-state index in [0.717, 1.165) is 6.07 Å². The predicted octanol–water partition coefficient (Wildman–Crippen LogP) is 5.75. The van der Waals surface area contributed by atoms with Gasteiger partial charge >= 0.3 is 11.4 Å². The molecule has 3 aromatic rings. The van der Waals surface area contributed by atoms with Crippen LogP contribution in [-0.2, 0) is 0 Å². The Kier molecular flexibility index (Phi) is 6.27. The first-order valence-electron chi connectivity index (χ1n) is 8.99. The highest BCUT2D eigenvalue weighted by Crippen LogP contribution is 2.41. The first-order valence-corrected chi connectivity index (χ1v) is 8.99. The minimum Gasteiger partial charge on any atom is -0.258 e. The summed E-state index contributed by atoms with van der Waals surface area (Å²) < 4.78 is 0. The van der Waals surface area contributed by atoms with Gasteiger partial charge in [0.15, 0.2) is 0 Å². The summed E-state index contributed by atoms with van der Waals surface area (Å²) in [4.78, 5) is 32.4. The number of hydrogen-bond donors (Lipinski definition) is 0. The molecule has 9 nitrogen and oxygen atoms in total. The van der Waals surface area contributed by atoms with Crippen LogP contribution in [0.5, 0.6) is 0 Å². The molecule has 31 heavy (non-hydrogen) atoms. The molecule has 154 valence electrons. The van der Waals surface area contributed by atoms with Gasteiger partial charge in [0, 0.05) is 6.07 Å². The Labute approximate surface area is 176 Å². The largest absolute Gasteiger partial charge is 0.360 e. The van der Waals surface area contributed by atoms with Crippen LogP contribution in [0.25, 0.3) is 24.3 Å². The predicted molar refractivity (Wildman–Crippen MR) is 117 cm³/mol. The summed E-state index contributed by atoms with van der Waals surface area (Å²) in [7, 11) is 0. The monoisotopic (exact) mass is 417 g/mol.